The van der Waals surface area contributed by atoms with Crippen LogP contribution in [0.2, 0.25) is 0 Å². The van der Waals surface area contributed by atoms with Crippen LogP contribution in [-0.2, 0) is 52.3 Å². The molecule has 1 heterocycles. The van der Waals surface area contributed by atoms with Crippen LogP contribution in [0.3, 0.4) is 0 Å². The number of benzene rings is 1. The first-order valence-corrected chi connectivity index (χ1v) is 12.3. The van der Waals surface area contributed by atoms with Crippen molar-refractivity contribution in [1.29, 1.82) is 0 Å². The fourth-order valence-corrected chi connectivity index (χ4v) is 4.37. The lowest BCUT2D eigenvalue weighted by Crippen LogP contribution is -2.63. The van der Waals surface area contributed by atoms with Gasteiger partial charge in [0.25, 0.3) is 0 Å². The third-order valence-electron chi connectivity index (χ3n) is 4.86. The Morgan fingerprint density at radius 1 is 0.861 bits per heavy atom. The minimum absolute atomic E-state index is 0.334. The van der Waals surface area contributed by atoms with Crippen molar-refractivity contribution in [2.75, 3.05) is 19.5 Å². The molecule has 1 saturated heterocycles. The van der Waals surface area contributed by atoms with Crippen molar-refractivity contribution in [3.05, 3.63) is 30.3 Å². The average Bonchev–Trinajstić information content (AvgIpc) is 2.80. The van der Waals surface area contributed by atoms with E-state index >= 15 is 0 Å². The minimum atomic E-state index is -1.30. The monoisotopic (exact) mass is 528 g/mol. The van der Waals surface area contributed by atoms with Crippen LogP contribution in [0, 0.1) is 0 Å². The van der Waals surface area contributed by atoms with E-state index < -0.39 is 60.9 Å². The van der Waals surface area contributed by atoms with E-state index in [4.69, 9.17) is 33.2 Å². The molecule has 1 aliphatic heterocycles. The molecule has 1 aliphatic rings. The molecule has 0 saturated carbocycles. The Kier molecular flexibility index (Phi) is 12.1. The van der Waals surface area contributed by atoms with Gasteiger partial charge in [-0.2, -0.15) is 0 Å². The first-order chi connectivity index (χ1) is 17.1. The summed E-state index contributed by atoms with van der Waals surface area (Å²) in [6.07, 6.45) is -6.59. The molecule has 2 rings (SSSR count). The number of rotatable bonds is 12. The SMILES string of the molecule is CO[C@@H](CCSc1ccccc1)O[C@@H]1O[C@H](COC(C)=O)[C@@H](OC(C)=O)[C@H](OC(C)=O)[C@H]1OC(C)=O. The van der Waals surface area contributed by atoms with Crippen LogP contribution in [0.15, 0.2) is 35.2 Å². The van der Waals surface area contributed by atoms with Crippen molar-refractivity contribution in [2.45, 2.75) is 76.0 Å². The van der Waals surface area contributed by atoms with Gasteiger partial charge in [0.2, 0.25) is 6.29 Å². The quantitative estimate of drug-likeness (QED) is 0.170. The van der Waals surface area contributed by atoms with Gasteiger partial charge < -0.3 is 33.2 Å². The second-order valence-corrected chi connectivity index (χ2v) is 8.99. The number of hydrogen-bond donors (Lipinski definition) is 0. The first-order valence-electron chi connectivity index (χ1n) is 11.3. The number of ether oxygens (including phenoxy) is 7. The molecule has 1 fully saturated rings. The third-order valence-corrected chi connectivity index (χ3v) is 5.91. The predicted molar refractivity (Wildman–Crippen MR) is 126 cm³/mol. The third kappa shape index (κ3) is 9.76. The van der Waals surface area contributed by atoms with Gasteiger partial charge in [0.15, 0.2) is 24.6 Å². The van der Waals surface area contributed by atoms with E-state index in [9.17, 15) is 19.2 Å². The standard InChI is InChI=1S/C24H32O11S/c1-14(25)30-13-19-21(31-15(2)26)22(32-16(3)27)23(33-17(4)28)24(34-19)35-20(29-5)11-12-36-18-9-7-6-8-10-18/h6-10,19-24H,11-13H2,1-5H3/t19-,20-,21-,22+,23-,24+/m1/s1. The van der Waals surface area contributed by atoms with Crippen molar-refractivity contribution in [3.8, 4) is 0 Å². The van der Waals surface area contributed by atoms with E-state index in [1.165, 1.54) is 14.0 Å². The van der Waals surface area contributed by atoms with E-state index in [2.05, 4.69) is 0 Å². The molecule has 1 aromatic carbocycles. The summed E-state index contributed by atoms with van der Waals surface area (Å²) in [6, 6.07) is 9.75. The Hall–Kier alpha value is -2.67. The molecule has 12 heteroatoms. The molecule has 200 valence electrons. The zero-order valence-corrected chi connectivity index (χ0v) is 21.7. The summed E-state index contributed by atoms with van der Waals surface area (Å²) in [5.74, 6) is -2.10. The first kappa shape index (κ1) is 29.6. The molecular formula is C24H32O11S. The Morgan fingerprint density at radius 2 is 1.44 bits per heavy atom. The van der Waals surface area contributed by atoms with Gasteiger partial charge in [-0.15, -0.1) is 11.8 Å². The van der Waals surface area contributed by atoms with Gasteiger partial charge >= 0.3 is 23.9 Å². The lowest BCUT2D eigenvalue weighted by Gasteiger charge is -2.44. The van der Waals surface area contributed by atoms with Crippen LogP contribution in [-0.4, -0.2) is 80.3 Å². The van der Waals surface area contributed by atoms with E-state index in [0.717, 1.165) is 25.7 Å². The molecule has 6 atom stereocenters. The summed E-state index contributed by atoms with van der Waals surface area (Å²) in [5.41, 5.74) is 0. The molecule has 0 spiro atoms. The molecule has 0 N–H and O–H groups in total. The van der Waals surface area contributed by atoms with Crippen LogP contribution in [0.1, 0.15) is 34.1 Å². The zero-order chi connectivity index (χ0) is 26.7. The highest BCUT2D eigenvalue weighted by molar-refractivity contribution is 7.99. The summed E-state index contributed by atoms with van der Waals surface area (Å²) >= 11 is 1.60. The number of methoxy groups -OCH3 is 1. The molecular weight excluding hydrogens is 496 g/mol. The van der Waals surface area contributed by atoms with Crippen molar-refractivity contribution in [3.63, 3.8) is 0 Å². The largest absolute Gasteiger partial charge is 0.463 e. The zero-order valence-electron chi connectivity index (χ0n) is 20.9. The van der Waals surface area contributed by atoms with Crippen LogP contribution < -0.4 is 0 Å². The lowest BCUT2D eigenvalue weighted by atomic mass is 9.98. The predicted octanol–water partition coefficient (Wildman–Crippen LogP) is 2.24. The molecule has 0 unspecified atom stereocenters. The maximum absolute atomic E-state index is 11.9. The Balaban J connectivity index is 2.26. The summed E-state index contributed by atoms with van der Waals surface area (Å²) in [6.45, 7) is 4.34. The van der Waals surface area contributed by atoms with Crippen molar-refractivity contribution in [2.24, 2.45) is 0 Å². The average molecular weight is 529 g/mol. The van der Waals surface area contributed by atoms with E-state index in [0.29, 0.717) is 12.2 Å². The number of hydrogen-bond acceptors (Lipinski definition) is 12. The number of thioether (sulfide) groups is 1. The van der Waals surface area contributed by atoms with Crippen molar-refractivity contribution in [1.82, 2.24) is 0 Å². The number of carbonyl (C=O) groups excluding carboxylic acids is 4. The van der Waals surface area contributed by atoms with Gasteiger partial charge in [0.1, 0.15) is 12.7 Å². The van der Waals surface area contributed by atoms with Gasteiger partial charge in [-0.1, -0.05) is 18.2 Å². The second kappa shape index (κ2) is 14.8. The fourth-order valence-electron chi connectivity index (χ4n) is 3.48. The van der Waals surface area contributed by atoms with Crippen LogP contribution in [0.25, 0.3) is 0 Å². The Labute approximate surface area is 214 Å². The normalized spacial score (nSPS) is 24.3. The molecule has 36 heavy (non-hydrogen) atoms. The maximum Gasteiger partial charge on any atom is 0.303 e. The smallest absolute Gasteiger partial charge is 0.303 e. The lowest BCUT2D eigenvalue weighted by molar-refractivity contribution is -0.337. The van der Waals surface area contributed by atoms with Crippen LogP contribution >= 0.6 is 11.8 Å². The van der Waals surface area contributed by atoms with E-state index in [-0.39, 0.29) is 6.61 Å². The minimum Gasteiger partial charge on any atom is -0.463 e. The summed E-state index contributed by atoms with van der Waals surface area (Å²) in [7, 11) is 1.45. The van der Waals surface area contributed by atoms with Crippen molar-refractivity contribution >= 4 is 35.6 Å². The molecule has 0 aromatic heterocycles. The highest BCUT2D eigenvalue weighted by Gasteiger charge is 2.53. The topological polar surface area (TPSA) is 133 Å². The Morgan fingerprint density at radius 3 is 2.00 bits per heavy atom. The maximum atomic E-state index is 11.9. The molecule has 0 radical (unpaired) electrons. The van der Waals surface area contributed by atoms with Crippen molar-refractivity contribution < 1.29 is 52.3 Å². The number of carbonyl (C=O) groups is 4. The second-order valence-electron chi connectivity index (χ2n) is 7.82. The summed E-state index contributed by atoms with van der Waals surface area (Å²) in [4.78, 5) is 48.1. The van der Waals surface area contributed by atoms with Gasteiger partial charge in [-0.25, -0.2) is 0 Å². The molecule has 0 bridgehead atoms. The van der Waals surface area contributed by atoms with E-state index in [1.807, 2.05) is 30.3 Å². The van der Waals surface area contributed by atoms with E-state index in [1.54, 1.807) is 11.8 Å². The van der Waals surface area contributed by atoms with Gasteiger partial charge in [0, 0.05) is 51.9 Å². The Bertz CT molecular complexity index is 878. The molecule has 0 amide bonds. The van der Waals surface area contributed by atoms with Crippen LogP contribution in [0.5, 0.6) is 0 Å². The highest BCUT2D eigenvalue weighted by atomic mass is 32.2. The van der Waals surface area contributed by atoms with Crippen LogP contribution in [0.4, 0.5) is 0 Å². The summed E-state index contributed by atoms with van der Waals surface area (Å²) < 4.78 is 38.6. The van der Waals surface area contributed by atoms with Gasteiger partial charge in [0.05, 0.1) is 0 Å². The van der Waals surface area contributed by atoms with Gasteiger partial charge in [-0.3, -0.25) is 19.2 Å². The highest BCUT2D eigenvalue weighted by Crippen LogP contribution is 2.31. The summed E-state index contributed by atoms with van der Waals surface area (Å²) in [5, 5.41) is 0. The molecule has 11 nitrogen and oxygen atoms in total. The number of esters is 4. The van der Waals surface area contributed by atoms with Gasteiger partial charge in [-0.05, 0) is 12.1 Å². The molecule has 0 aliphatic carbocycles. The molecule has 1 aromatic rings. The fraction of sp³-hybridized carbons (Fsp3) is 0.583.